The van der Waals surface area contributed by atoms with Crippen molar-refractivity contribution in [1.29, 1.82) is 0 Å². The molecule has 0 heterocycles. The minimum absolute atomic E-state index is 0.202. The van der Waals surface area contributed by atoms with E-state index in [0.717, 1.165) is 17.4 Å². The predicted molar refractivity (Wildman–Crippen MR) is 98.8 cm³/mol. The number of esters is 1. The molecule has 0 spiro atoms. The second-order valence-electron chi connectivity index (χ2n) is 5.52. The quantitative estimate of drug-likeness (QED) is 0.736. The Morgan fingerprint density at radius 2 is 1.76 bits per heavy atom. The van der Waals surface area contributed by atoms with Gasteiger partial charge in [0.25, 0.3) is 0 Å². The summed E-state index contributed by atoms with van der Waals surface area (Å²) in [7, 11) is -3.18. The minimum Gasteiger partial charge on any atom is -0.458 e. The molecule has 2 aromatic carbocycles. The Morgan fingerprint density at radius 3 is 2.40 bits per heavy atom. The number of carbonyl (C=O) groups excluding carboxylic acids is 1. The Hall–Kier alpha value is -2.44. The van der Waals surface area contributed by atoms with Gasteiger partial charge in [-0.1, -0.05) is 48.5 Å². The molecule has 0 saturated heterocycles. The minimum atomic E-state index is -3.18. The highest BCUT2D eigenvalue weighted by molar-refractivity contribution is 7.88. The van der Waals surface area contributed by atoms with E-state index in [4.69, 9.17) is 4.74 Å². The highest BCUT2D eigenvalue weighted by Crippen LogP contribution is 2.07. The molecule has 5 nitrogen and oxygen atoms in total. The molecule has 0 aliphatic heterocycles. The summed E-state index contributed by atoms with van der Waals surface area (Å²) >= 11 is 0. The van der Waals surface area contributed by atoms with Gasteiger partial charge in [-0.15, -0.1) is 0 Å². The molecule has 132 valence electrons. The number of carbonyl (C=O) groups is 1. The lowest BCUT2D eigenvalue weighted by molar-refractivity contribution is 0.0550. The monoisotopic (exact) mass is 359 g/mol. The fraction of sp³-hybridized carbons (Fsp3) is 0.211. The number of benzene rings is 2. The Labute approximate surface area is 148 Å². The molecule has 0 radical (unpaired) electrons. The maximum Gasteiger partial charge on any atom is 0.338 e. The molecule has 25 heavy (non-hydrogen) atoms. The fourth-order valence-electron chi connectivity index (χ4n) is 2.14. The van der Waals surface area contributed by atoms with Gasteiger partial charge in [0.1, 0.15) is 6.61 Å². The molecule has 2 rings (SSSR count). The third-order valence-corrected chi connectivity index (χ3v) is 4.12. The smallest absolute Gasteiger partial charge is 0.338 e. The van der Waals surface area contributed by atoms with Gasteiger partial charge in [-0.25, -0.2) is 17.9 Å². The highest BCUT2D eigenvalue weighted by atomic mass is 32.2. The van der Waals surface area contributed by atoms with Crippen molar-refractivity contribution in [3.8, 4) is 0 Å². The molecule has 0 fully saturated rings. The predicted octanol–water partition coefficient (Wildman–Crippen LogP) is 2.65. The maximum atomic E-state index is 12.0. The van der Waals surface area contributed by atoms with E-state index < -0.39 is 16.0 Å². The van der Waals surface area contributed by atoms with Crippen molar-refractivity contribution < 1.29 is 17.9 Å². The Balaban J connectivity index is 1.79. The van der Waals surface area contributed by atoms with Crippen LogP contribution in [0.25, 0.3) is 6.08 Å². The maximum absolute atomic E-state index is 12.0. The first kappa shape index (κ1) is 18.9. The van der Waals surface area contributed by atoms with Crippen molar-refractivity contribution in [2.75, 3.05) is 19.4 Å². The van der Waals surface area contributed by atoms with E-state index in [-0.39, 0.29) is 6.61 Å². The summed E-state index contributed by atoms with van der Waals surface area (Å²) in [6.07, 6.45) is 5.37. The van der Waals surface area contributed by atoms with Crippen molar-refractivity contribution in [3.05, 3.63) is 77.4 Å². The molecule has 6 heteroatoms. The summed E-state index contributed by atoms with van der Waals surface area (Å²) in [6, 6.07) is 16.7. The zero-order valence-electron chi connectivity index (χ0n) is 14.0. The molecule has 0 aliphatic rings. The lowest BCUT2D eigenvalue weighted by Crippen LogP contribution is -2.24. The van der Waals surface area contributed by atoms with Crippen molar-refractivity contribution in [3.63, 3.8) is 0 Å². The van der Waals surface area contributed by atoms with Crippen LogP contribution in [0, 0.1) is 0 Å². The van der Waals surface area contributed by atoms with Crippen LogP contribution in [0.1, 0.15) is 21.5 Å². The average Bonchev–Trinajstić information content (AvgIpc) is 2.59. The zero-order chi connectivity index (χ0) is 18.1. The molecular weight excluding hydrogens is 338 g/mol. The van der Waals surface area contributed by atoms with Crippen LogP contribution in [0.4, 0.5) is 0 Å². The third-order valence-electron chi connectivity index (χ3n) is 3.39. The largest absolute Gasteiger partial charge is 0.458 e. The van der Waals surface area contributed by atoms with Crippen molar-refractivity contribution >= 4 is 22.1 Å². The Kier molecular flexibility index (Phi) is 6.91. The standard InChI is InChI=1S/C19H21NO4S/c1-25(22,23)20-14-13-17-9-11-18(12-10-17)19(21)24-15-5-8-16-6-3-2-4-7-16/h2-12,20H,13-15H2,1H3/b8-5+. The van der Waals surface area contributed by atoms with E-state index in [1.807, 2.05) is 36.4 Å². The average molecular weight is 359 g/mol. The van der Waals surface area contributed by atoms with E-state index in [2.05, 4.69) is 4.72 Å². The summed E-state index contributed by atoms with van der Waals surface area (Å²) in [5.41, 5.74) is 2.45. The SMILES string of the molecule is CS(=O)(=O)NCCc1ccc(C(=O)OC/C=C/c2ccccc2)cc1. The first-order valence-corrected chi connectivity index (χ1v) is 9.75. The molecule has 0 unspecified atom stereocenters. The summed E-state index contributed by atoms with van der Waals surface area (Å²) in [5, 5.41) is 0. The van der Waals surface area contributed by atoms with Gasteiger partial charge in [0.05, 0.1) is 11.8 Å². The lowest BCUT2D eigenvalue weighted by atomic mass is 10.1. The van der Waals surface area contributed by atoms with Gasteiger partial charge in [0.2, 0.25) is 10.0 Å². The van der Waals surface area contributed by atoms with Gasteiger partial charge < -0.3 is 4.74 Å². The van der Waals surface area contributed by atoms with E-state index in [1.54, 1.807) is 30.3 Å². The zero-order valence-corrected chi connectivity index (χ0v) is 14.8. The van der Waals surface area contributed by atoms with E-state index in [9.17, 15) is 13.2 Å². The van der Waals surface area contributed by atoms with Gasteiger partial charge in [-0.3, -0.25) is 0 Å². The highest BCUT2D eigenvalue weighted by Gasteiger charge is 2.06. The molecule has 0 bridgehead atoms. The van der Waals surface area contributed by atoms with Gasteiger partial charge in [-0.2, -0.15) is 0 Å². The summed E-state index contributed by atoms with van der Waals surface area (Å²) < 4.78 is 29.6. The third kappa shape index (κ3) is 7.32. The number of hydrogen-bond donors (Lipinski definition) is 1. The Bertz CT molecular complexity index is 812. The van der Waals surface area contributed by atoms with Crippen LogP contribution in [0.3, 0.4) is 0 Å². The van der Waals surface area contributed by atoms with Crippen LogP contribution in [0.15, 0.2) is 60.7 Å². The second-order valence-corrected chi connectivity index (χ2v) is 7.36. The van der Waals surface area contributed by atoms with Crippen LogP contribution in [-0.4, -0.2) is 33.8 Å². The number of ether oxygens (including phenoxy) is 1. The van der Waals surface area contributed by atoms with Crippen LogP contribution in [0.5, 0.6) is 0 Å². The number of sulfonamides is 1. The van der Waals surface area contributed by atoms with Gasteiger partial charge in [-0.05, 0) is 35.8 Å². The van der Waals surface area contributed by atoms with E-state index in [1.165, 1.54) is 0 Å². The first-order valence-electron chi connectivity index (χ1n) is 7.86. The van der Waals surface area contributed by atoms with Gasteiger partial charge in [0, 0.05) is 6.54 Å². The van der Waals surface area contributed by atoms with E-state index in [0.29, 0.717) is 18.5 Å². The number of hydrogen-bond acceptors (Lipinski definition) is 4. The molecule has 0 aromatic heterocycles. The van der Waals surface area contributed by atoms with Crippen molar-refractivity contribution in [2.45, 2.75) is 6.42 Å². The number of rotatable bonds is 8. The Morgan fingerprint density at radius 1 is 1.08 bits per heavy atom. The summed E-state index contributed by atoms with van der Waals surface area (Å²) in [6.45, 7) is 0.528. The molecule has 2 aromatic rings. The molecule has 1 N–H and O–H groups in total. The normalized spacial score (nSPS) is 11.6. The molecular formula is C19H21NO4S. The first-order chi connectivity index (χ1) is 11.9. The van der Waals surface area contributed by atoms with Crippen LogP contribution in [-0.2, 0) is 21.2 Å². The molecule has 0 saturated carbocycles. The summed E-state index contributed by atoms with van der Waals surface area (Å²) in [4.78, 5) is 12.0. The molecule has 0 amide bonds. The fourth-order valence-corrected chi connectivity index (χ4v) is 2.62. The van der Waals surface area contributed by atoms with Crippen LogP contribution >= 0.6 is 0 Å². The van der Waals surface area contributed by atoms with Gasteiger partial charge in [0.15, 0.2) is 0 Å². The number of nitrogens with one attached hydrogen (secondary N) is 1. The van der Waals surface area contributed by atoms with Crippen molar-refractivity contribution in [2.24, 2.45) is 0 Å². The van der Waals surface area contributed by atoms with E-state index >= 15 is 0 Å². The topological polar surface area (TPSA) is 72.5 Å². The second kappa shape index (κ2) is 9.15. The van der Waals surface area contributed by atoms with Gasteiger partial charge >= 0.3 is 5.97 Å². The summed E-state index contributed by atoms with van der Waals surface area (Å²) in [5.74, 6) is -0.390. The van der Waals surface area contributed by atoms with Crippen LogP contribution in [0.2, 0.25) is 0 Å². The van der Waals surface area contributed by atoms with Crippen LogP contribution < -0.4 is 4.72 Å². The molecule has 0 atom stereocenters. The molecule has 0 aliphatic carbocycles. The lowest BCUT2D eigenvalue weighted by Gasteiger charge is -2.05. The van der Waals surface area contributed by atoms with Crippen molar-refractivity contribution in [1.82, 2.24) is 4.72 Å².